The van der Waals surface area contributed by atoms with E-state index in [1.807, 2.05) is 62.4 Å². The molecule has 0 saturated heterocycles. The summed E-state index contributed by atoms with van der Waals surface area (Å²) < 4.78 is 21.9. The molecular formula is C25H28O5. The van der Waals surface area contributed by atoms with Crippen LogP contribution in [0.5, 0.6) is 23.0 Å². The topological polar surface area (TPSA) is 54.0 Å². The van der Waals surface area contributed by atoms with Gasteiger partial charge in [0.05, 0.1) is 27.4 Å². The number of ketones is 1. The third-order valence-corrected chi connectivity index (χ3v) is 4.90. The molecule has 0 amide bonds. The quantitative estimate of drug-likeness (QED) is 0.553. The number of hydrogen-bond donors (Lipinski definition) is 0. The van der Waals surface area contributed by atoms with E-state index in [1.165, 1.54) is 0 Å². The van der Waals surface area contributed by atoms with Crippen molar-refractivity contribution in [3.05, 3.63) is 58.7 Å². The Hall–Kier alpha value is -3.21. The fourth-order valence-corrected chi connectivity index (χ4v) is 3.48. The van der Waals surface area contributed by atoms with Gasteiger partial charge < -0.3 is 18.9 Å². The van der Waals surface area contributed by atoms with Crippen LogP contribution in [0.1, 0.15) is 37.8 Å². The van der Waals surface area contributed by atoms with Crippen LogP contribution in [0.25, 0.3) is 12.2 Å². The lowest BCUT2D eigenvalue weighted by Gasteiger charge is -2.10. The smallest absolute Gasteiger partial charge is 0.185 e. The van der Waals surface area contributed by atoms with E-state index in [0.29, 0.717) is 49.1 Å². The van der Waals surface area contributed by atoms with Crippen molar-refractivity contribution in [2.45, 2.75) is 26.7 Å². The number of carbonyl (C=O) groups excluding carboxylic acids is 1. The van der Waals surface area contributed by atoms with E-state index < -0.39 is 0 Å². The number of Topliss-reactive ketones (excluding diaryl/α,β-unsaturated/α-hetero) is 1. The molecule has 0 spiro atoms. The van der Waals surface area contributed by atoms with Gasteiger partial charge in [0.25, 0.3) is 0 Å². The van der Waals surface area contributed by atoms with Gasteiger partial charge in [-0.05, 0) is 74.2 Å². The molecule has 0 bridgehead atoms. The van der Waals surface area contributed by atoms with Crippen LogP contribution in [-0.4, -0.2) is 33.2 Å². The Morgan fingerprint density at radius 1 is 0.733 bits per heavy atom. The summed E-state index contributed by atoms with van der Waals surface area (Å²) in [5, 5.41) is 0. The van der Waals surface area contributed by atoms with Gasteiger partial charge in [0.2, 0.25) is 0 Å². The van der Waals surface area contributed by atoms with E-state index in [1.54, 1.807) is 14.2 Å². The second kappa shape index (κ2) is 10.0. The van der Waals surface area contributed by atoms with Crippen molar-refractivity contribution in [2.24, 2.45) is 0 Å². The molecule has 3 rings (SSSR count). The molecule has 0 aromatic heterocycles. The number of hydrogen-bond acceptors (Lipinski definition) is 5. The molecule has 2 aromatic rings. The van der Waals surface area contributed by atoms with Gasteiger partial charge in [-0.25, -0.2) is 0 Å². The number of methoxy groups -OCH3 is 2. The fraction of sp³-hybridized carbons (Fsp3) is 0.320. The first-order chi connectivity index (χ1) is 14.6. The van der Waals surface area contributed by atoms with Crippen LogP contribution in [0, 0.1) is 0 Å². The molecule has 0 aliphatic heterocycles. The van der Waals surface area contributed by atoms with Crippen molar-refractivity contribution in [3.8, 4) is 23.0 Å². The normalized spacial score (nSPS) is 16.2. The monoisotopic (exact) mass is 408 g/mol. The van der Waals surface area contributed by atoms with Gasteiger partial charge in [0.1, 0.15) is 0 Å². The maximum absolute atomic E-state index is 12.9. The van der Waals surface area contributed by atoms with E-state index in [4.69, 9.17) is 18.9 Å². The molecule has 158 valence electrons. The number of benzene rings is 2. The van der Waals surface area contributed by atoms with Crippen molar-refractivity contribution in [2.75, 3.05) is 27.4 Å². The molecule has 0 atom stereocenters. The summed E-state index contributed by atoms with van der Waals surface area (Å²) in [5.74, 6) is 2.80. The first kappa shape index (κ1) is 21.5. The number of rotatable bonds is 8. The lowest BCUT2D eigenvalue weighted by Crippen LogP contribution is -1.98. The average Bonchev–Trinajstić information content (AvgIpc) is 3.09. The maximum Gasteiger partial charge on any atom is 0.185 e. The predicted molar refractivity (Wildman–Crippen MR) is 119 cm³/mol. The molecule has 5 nitrogen and oxygen atoms in total. The first-order valence-corrected chi connectivity index (χ1v) is 10.2. The summed E-state index contributed by atoms with van der Waals surface area (Å²) >= 11 is 0. The highest BCUT2D eigenvalue weighted by Gasteiger charge is 2.23. The second-order valence-corrected chi connectivity index (χ2v) is 6.85. The van der Waals surface area contributed by atoms with E-state index >= 15 is 0 Å². The summed E-state index contributed by atoms with van der Waals surface area (Å²) in [6.45, 7) is 5.00. The van der Waals surface area contributed by atoms with Gasteiger partial charge in [-0.1, -0.05) is 12.1 Å². The Morgan fingerprint density at radius 3 is 1.53 bits per heavy atom. The molecule has 1 aliphatic carbocycles. The minimum atomic E-state index is 0.0794. The van der Waals surface area contributed by atoms with Crippen molar-refractivity contribution in [1.29, 1.82) is 0 Å². The molecule has 1 aliphatic rings. The van der Waals surface area contributed by atoms with Crippen molar-refractivity contribution in [3.63, 3.8) is 0 Å². The molecule has 1 fully saturated rings. The van der Waals surface area contributed by atoms with Gasteiger partial charge in [-0.2, -0.15) is 0 Å². The molecule has 30 heavy (non-hydrogen) atoms. The molecule has 5 heteroatoms. The Bertz CT molecular complexity index is 894. The van der Waals surface area contributed by atoms with Crippen LogP contribution in [0.15, 0.2) is 47.5 Å². The Morgan fingerprint density at radius 2 is 1.17 bits per heavy atom. The molecule has 0 radical (unpaired) electrons. The Balaban J connectivity index is 1.82. The van der Waals surface area contributed by atoms with Crippen LogP contribution in [0.4, 0.5) is 0 Å². The van der Waals surface area contributed by atoms with Gasteiger partial charge in [-0.3, -0.25) is 4.79 Å². The van der Waals surface area contributed by atoms with Gasteiger partial charge in [0, 0.05) is 11.1 Å². The minimum Gasteiger partial charge on any atom is -0.493 e. The van der Waals surface area contributed by atoms with Crippen LogP contribution >= 0.6 is 0 Å². The van der Waals surface area contributed by atoms with Crippen LogP contribution in [0.2, 0.25) is 0 Å². The molecular weight excluding hydrogens is 380 g/mol. The molecule has 0 unspecified atom stereocenters. The molecule has 0 N–H and O–H groups in total. The van der Waals surface area contributed by atoms with Crippen LogP contribution in [0.3, 0.4) is 0 Å². The fourth-order valence-electron chi connectivity index (χ4n) is 3.48. The zero-order valence-corrected chi connectivity index (χ0v) is 18.0. The van der Waals surface area contributed by atoms with E-state index in [-0.39, 0.29) is 5.78 Å². The predicted octanol–water partition coefficient (Wildman–Crippen LogP) is 5.33. The third-order valence-electron chi connectivity index (χ3n) is 4.90. The lowest BCUT2D eigenvalue weighted by atomic mass is 10.1. The van der Waals surface area contributed by atoms with E-state index in [2.05, 4.69) is 0 Å². The zero-order chi connectivity index (χ0) is 21.5. The second-order valence-electron chi connectivity index (χ2n) is 6.85. The highest BCUT2D eigenvalue weighted by molar-refractivity contribution is 6.15. The van der Waals surface area contributed by atoms with Gasteiger partial charge >= 0.3 is 0 Å². The standard InChI is InChI=1S/C25H28O5/c1-5-29-21-11-7-17(15-23(21)27-3)13-19-9-10-20(25(19)26)14-18-8-12-22(30-6-2)24(16-18)28-4/h7-8,11-16H,5-6,9-10H2,1-4H3/b19-13-,20-14+. The molecule has 1 saturated carbocycles. The van der Waals surface area contributed by atoms with Crippen LogP contribution < -0.4 is 18.9 Å². The molecule has 0 heterocycles. The zero-order valence-electron chi connectivity index (χ0n) is 18.0. The summed E-state index contributed by atoms with van der Waals surface area (Å²) in [5.41, 5.74) is 3.43. The Labute approximate surface area is 177 Å². The summed E-state index contributed by atoms with van der Waals surface area (Å²) in [6.07, 6.45) is 5.29. The highest BCUT2D eigenvalue weighted by atomic mass is 16.5. The minimum absolute atomic E-state index is 0.0794. The van der Waals surface area contributed by atoms with Crippen molar-refractivity contribution >= 4 is 17.9 Å². The third kappa shape index (κ3) is 4.85. The summed E-state index contributed by atoms with van der Waals surface area (Å²) in [7, 11) is 3.23. The SMILES string of the molecule is CCOc1ccc(/C=C2/CC/C(=C\c3ccc(OCC)c(OC)c3)C2=O)cc1OC. The van der Waals surface area contributed by atoms with Gasteiger partial charge in [-0.15, -0.1) is 0 Å². The van der Waals surface area contributed by atoms with Crippen molar-refractivity contribution < 1.29 is 23.7 Å². The first-order valence-electron chi connectivity index (χ1n) is 10.2. The highest BCUT2D eigenvalue weighted by Crippen LogP contribution is 2.34. The number of allylic oxidation sites excluding steroid dienone is 2. The van der Waals surface area contributed by atoms with E-state index in [9.17, 15) is 4.79 Å². The Kier molecular flexibility index (Phi) is 7.17. The van der Waals surface area contributed by atoms with Crippen LogP contribution in [-0.2, 0) is 4.79 Å². The van der Waals surface area contributed by atoms with Gasteiger partial charge in [0.15, 0.2) is 28.8 Å². The van der Waals surface area contributed by atoms with E-state index in [0.717, 1.165) is 22.3 Å². The number of carbonyl (C=O) groups is 1. The average molecular weight is 408 g/mol. The summed E-state index contributed by atoms with van der Waals surface area (Å²) in [4.78, 5) is 12.9. The largest absolute Gasteiger partial charge is 0.493 e. The van der Waals surface area contributed by atoms with Crippen molar-refractivity contribution in [1.82, 2.24) is 0 Å². The maximum atomic E-state index is 12.9. The lowest BCUT2D eigenvalue weighted by molar-refractivity contribution is -0.111. The molecule has 2 aromatic carbocycles. The number of ether oxygens (including phenoxy) is 4. The summed E-state index contributed by atoms with van der Waals surface area (Å²) in [6, 6.07) is 11.4.